The van der Waals surface area contributed by atoms with Crippen LogP contribution in [0.2, 0.25) is 0 Å². The van der Waals surface area contributed by atoms with E-state index in [-0.39, 0.29) is 18.0 Å². The molecule has 132 valence electrons. The van der Waals surface area contributed by atoms with E-state index >= 15 is 0 Å². The van der Waals surface area contributed by atoms with Crippen molar-refractivity contribution in [2.24, 2.45) is 7.05 Å². The number of piperidine rings is 1. The molecule has 0 spiro atoms. The number of aryl methyl sites for hydroxylation is 1. The molecule has 0 aliphatic carbocycles. The number of aromatic nitrogens is 2. The van der Waals surface area contributed by atoms with Gasteiger partial charge in [-0.3, -0.25) is 4.79 Å². The van der Waals surface area contributed by atoms with Gasteiger partial charge in [-0.05, 0) is 19.3 Å². The van der Waals surface area contributed by atoms with Crippen LogP contribution in [0.5, 0.6) is 0 Å². The highest BCUT2D eigenvalue weighted by Gasteiger charge is 2.36. The van der Waals surface area contributed by atoms with Gasteiger partial charge in [-0.15, -0.1) is 0 Å². The largest absolute Gasteiger partial charge is 0.383 e. The maximum Gasteiger partial charge on any atom is 0.318 e. The zero-order valence-electron chi connectivity index (χ0n) is 14.3. The van der Waals surface area contributed by atoms with Gasteiger partial charge in [0.15, 0.2) is 0 Å². The number of imidazole rings is 1. The van der Waals surface area contributed by atoms with Crippen molar-refractivity contribution in [2.45, 2.75) is 37.9 Å². The SMILES string of the molecule is COCC1CCN1C(=O)NC1CCCN(Cc2nccn2C)C1=O. The van der Waals surface area contributed by atoms with Crippen LogP contribution in [0.4, 0.5) is 4.79 Å². The zero-order chi connectivity index (χ0) is 17.1. The lowest BCUT2D eigenvalue weighted by atomic mass is 10.0. The van der Waals surface area contributed by atoms with Crippen LogP contribution in [0.1, 0.15) is 25.1 Å². The Hall–Kier alpha value is -2.09. The zero-order valence-corrected chi connectivity index (χ0v) is 14.3. The molecule has 0 bridgehead atoms. The van der Waals surface area contributed by atoms with Gasteiger partial charge < -0.3 is 24.4 Å². The molecular formula is C16H25N5O3. The van der Waals surface area contributed by atoms with E-state index in [9.17, 15) is 9.59 Å². The summed E-state index contributed by atoms with van der Waals surface area (Å²) in [6.07, 6.45) is 6.10. The first-order valence-corrected chi connectivity index (χ1v) is 8.41. The molecule has 3 heterocycles. The van der Waals surface area contributed by atoms with E-state index in [1.807, 2.05) is 17.8 Å². The van der Waals surface area contributed by atoms with E-state index in [4.69, 9.17) is 4.74 Å². The van der Waals surface area contributed by atoms with Crippen molar-refractivity contribution in [3.8, 4) is 0 Å². The first-order valence-electron chi connectivity index (χ1n) is 8.41. The van der Waals surface area contributed by atoms with Crippen LogP contribution < -0.4 is 5.32 Å². The second-order valence-electron chi connectivity index (χ2n) is 6.45. The molecule has 2 aliphatic heterocycles. The molecule has 24 heavy (non-hydrogen) atoms. The Kier molecular flexibility index (Phi) is 5.03. The lowest BCUT2D eigenvalue weighted by molar-refractivity contribution is -0.136. The molecule has 2 fully saturated rings. The number of ether oxygens (including phenoxy) is 1. The normalized spacial score (nSPS) is 24.0. The summed E-state index contributed by atoms with van der Waals surface area (Å²) in [5, 5.41) is 2.90. The summed E-state index contributed by atoms with van der Waals surface area (Å²) < 4.78 is 7.03. The summed E-state index contributed by atoms with van der Waals surface area (Å²) in [4.78, 5) is 32.8. The maximum atomic E-state index is 12.7. The molecule has 2 unspecified atom stereocenters. The minimum atomic E-state index is -0.449. The van der Waals surface area contributed by atoms with Crippen LogP contribution in [-0.2, 0) is 23.1 Å². The molecule has 2 atom stereocenters. The fourth-order valence-electron chi connectivity index (χ4n) is 3.26. The van der Waals surface area contributed by atoms with E-state index in [0.717, 1.165) is 25.2 Å². The molecular weight excluding hydrogens is 310 g/mol. The highest BCUT2D eigenvalue weighted by atomic mass is 16.5. The molecule has 3 rings (SSSR count). The quantitative estimate of drug-likeness (QED) is 0.842. The van der Waals surface area contributed by atoms with Gasteiger partial charge in [0.2, 0.25) is 5.91 Å². The van der Waals surface area contributed by atoms with Gasteiger partial charge in [-0.2, -0.15) is 0 Å². The summed E-state index contributed by atoms with van der Waals surface area (Å²) in [7, 11) is 3.55. The number of carbonyl (C=O) groups is 2. The minimum absolute atomic E-state index is 0.0265. The van der Waals surface area contributed by atoms with Crippen LogP contribution in [0, 0.1) is 0 Å². The predicted octanol–water partition coefficient (Wildman–Crippen LogP) is 0.341. The molecule has 1 aromatic heterocycles. The molecule has 8 heteroatoms. The maximum absolute atomic E-state index is 12.7. The third kappa shape index (κ3) is 3.38. The standard InChI is InChI=1S/C16H25N5O3/c1-19-9-6-17-14(19)10-20-7-3-4-13(15(20)22)18-16(23)21-8-5-12(21)11-24-2/h6,9,12-13H,3-5,7-8,10-11H2,1-2H3,(H,18,23). The molecule has 0 radical (unpaired) electrons. The monoisotopic (exact) mass is 335 g/mol. The Bertz CT molecular complexity index is 602. The minimum Gasteiger partial charge on any atom is -0.383 e. The van der Waals surface area contributed by atoms with E-state index in [0.29, 0.717) is 26.1 Å². The third-order valence-electron chi connectivity index (χ3n) is 4.85. The lowest BCUT2D eigenvalue weighted by Gasteiger charge is -2.42. The number of methoxy groups -OCH3 is 1. The number of hydrogen-bond donors (Lipinski definition) is 1. The van der Waals surface area contributed by atoms with E-state index in [1.54, 1.807) is 23.1 Å². The summed E-state index contributed by atoms with van der Waals surface area (Å²) in [5.41, 5.74) is 0. The van der Waals surface area contributed by atoms with Crippen LogP contribution in [0.3, 0.4) is 0 Å². The Morgan fingerprint density at radius 2 is 2.25 bits per heavy atom. The number of likely N-dealkylation sites (tertiary alicyclic amines) is 2. The lowest BCUT2D eigenvalue weighted by Crippen LogP contribution is -2.61. The molecule has 0 saturated carbocycles. The highest BCUT2D eigenvalue weighted by Crippen LogP contribution is 2.19. The average Bonchev–Trinajstić information content (AvgIpc) is 2.93. The number of carbonyl (C=O) groups excluding carboxylic acids is 2. The van der Waals surface area contributed by atoms with Gasteiger partial charge in [0.05, 0.1) is 19.2 Å². The van der Waals surface area contributed by atoms with E-state index in [1.165, 1.54) is 0 Å². The van der Waals surface area contributed by atoms with Gasteiger partial charge in [0.25, 0.3) is 0 Å². The van der Waals surface area contributed by atoms with Crippen molar-refractivity contribution >= 4 is 11.9 Å². The number of rotatable bonds is 5. The van der Waals surface area contributed by atoms with Crippen LogP contribution in [-0.4, -0.2) is 70.2 Å². The Labute approximate surface area is 141 Å². The van der Waals surface area contributed by atoms with Crippen LogP contribution in [0.25, 0.3) is 0 Å². The fraction of sp³-hybridized carbons (Fsp3) is 0.688. The summed E-state index contributed by atoms with van der Waals surface area (Å²) in [6, 6.07) is -0.492. The summed E-state index contributed by atoms with van der Waals surface area (Å²) >= 11 is 0. The van der Waals surface area contributed by atoms with Gasteiger partial charge in [0.1, 0.15) is 11.9 Å². The second-order valence-corrected chi connectivity index (χ2v) is 6.45. The number of hydrogen-bond acceptors (Lipinski definition) is 4. The molecule has 0 aromatic carbocycles. The topological polar surface area (TPSA) is 79.7 Å². The van der Waals surface area contributed by atoms with Crippen molar-refractivity contribution in [2.75, 3.05) is 26.8 Å². The van der Waals surface area contributed by atoms with Gasteiger partial charge >= 0.3 is 6.03 Å². The first-order chi connectivity index (χ1) is 11.6. The van der Waals surface area contributed by atoms with Crippen molar-refractivity contribution in [3.63, 3.8) is 0 Å². The van der Waals surface area contributed by atoms with E-state index < -0.39 is 6.04 Å². The Morgan fingerprint density at radius 1 is 1.42 bits per heavy atom. The van der Waals surface area contributed by atoms with E-state index in [2.05, 4.69) is 10.3 Å². The van der Waals surface area contributed by atoms with Gasteiger partial charge in [-0.25, -0.2) is 9.78 Å². The highest BCUT2D eigenvalue weighted by molar-refractivity contribution is 5.87. The van der Waals surface area contributed by atoms with Crippen molar-refractivity contribution in [1.29, 1.82) is 0 Å². The van der Waals surface area contributed by atoms with Gasteiger partial charge in [-0.1, -0.05) is 0 Å². The number of nitrogens with one attached hydrogen (secondary N) is 1. The average molecular weight is 335 g/mol. The number of nitrogens with zero attached hydrogens (tertiary/aromatic N) is 4. The molecule has 2 saturated heterocycles. The Balaban J connectivity index is 1.57. The third-order valence-corrected chi connectivity index (χ3v) is 4.85. The van der Waals surface area contributed by atoms with Gasteiger partial charge in [0, 0.05) is 39.6 Å². The Morgan fingerprint density at radius 3 is 2.88 bits per heavy atom. The first kappa shape index (κ1) is 16.8. The molecule has 3 amide bonds. The van der Waals surface area contributed by atoms with Crippen molar-refractivity contribution in [1.82, 2.24) is 24.7 Å². The molecule has 1 aromatic rings. The van der Waals surface area contributed by atoms with Crippen LogP contribution >= 0.6 is 0 Å². The predicted molar refractivity (Wildman–Crippen MR) is 87.2 cm³/mol. The molecule has 1 N–H and O–H groups in total. The number of urea groups is 1. The molecule has 2 aliphatic rings. The summed E-state index contributed by atoms with van der Waals surface area (Å²) in [6.45, 7) is 2.44. The van der Waals surface area contributed by atoms with Crippen molar-refractivity contribution in [3.05, 3.63) is 18.2 Å². The fourth-order valence-corrected chi connectivity index (χ4v) is 3.26. The van der Waals surface area contributed by atoms with Crippen LogP contribution in [0.15, 0.2) is 12.4 Å². The molecule has 8 nitrogen and oxygen atoms in total. The smallest absolute Gasteiger partial charge is 0.318 e. The second kappa shape index (κ2) is 7.21. The van der Waals surface area contributed by atoms with Crippen molar-refractivity contribution < 1.29 is 14.3 Å². The number of amides is 3. The summed E-state index contributed by atoms with van der Waals surface area (Å²) in [5.74, 6) is 0.819.